The number of cyclic esters (lactones) is 4. The summed E-state index contributed by atoms with van der Waals surface area (Å²) in [5.41, 5.74) is 0.0606. The average Bonchev–Trinajstić information content (AvgIpc) is 3.47. The van der Waals surface area contributed by atoms with Crippen LogP contribution in [0.3, 0.4) is 0 Å². The Kier molecular flexibility index (Phi) is 11.5. The van der Waals surface area contributed by atoms with E-state index in [1.54, 1.807) is 31.2 Å². The second kappa shape index (κ2) is 15.1. The molecule has 5 unspecified atom stereocenters. The Morgan fingerprint density at radius 3 is 1.83 bits per heavy atom. The quantitative estimate of drug-likeness (QED) is 0.102. The van der Waals surface area contributed by atoms with Gasteiger partial charge in [0, 0.05) is 17.8 Å². The fourth-order valence-electron chi connectivity index (χ4n) is 7.66. The van der Waals surface area contributed by atoms with Gasteiger partial charge in [0.2, 0.25) is 0 Å². The predicted octanol–water partition coefficient (Wildman–Crippen LogP) is 7.28. The Balaban J connectivity index is 1.30. The molecule has 2 fully saturated rings. The van der Waals surface area contributed by atoms with E-state index in [-0.39, 0.29) is 18.6 Å². The summed E-state index contributed by atoms with van der Waals surface area (Å²) in [6.07, 6.45) is 18.4. The molecule has 5 atom stereocenters. The number of benzene rings is 1. The topological polar surface area (TPSA) is 104 Å². The van der Waals surface area contributed by atoms with Crippen LogP contribution in [0.5, 0.6) is 0 Å². The third-order valence-corrected chi connectivity index (χ3v) is 9.93. The van der Waals surface area contributed by atoms with Crippen LogP contribution in [-0.2, 0) is 38.9 Å². The third-order valence-electron chi connectivity index (χ3n) is 9.93. The van der Waals surface area contributed by atoms with Crippen molar-refractivity contribution in [2.24, 2.45) is 17.8 Å². The van der Waals surface area contributed by atoms with E-state index < -0.39 is 53.0 Å². The standard InChI is InChI=1S/C35H48O7/c1-3-4-5-6-7-8-9-10-11-12-13-14-15-16-17-22-27(36)31-30-29(33(39)42-34(30)40)24-20-18-19-21-25(24)35(31,2)26-23-28(37)41-32(26)38/h18-21,26,29-31H,3-17,22-23H2,1-2H3. The van der Waals surface area contributed by atoms with E-state index in [2.05, 4.69) is 6.92 Å². The molecule has 1 aliphatic carbocycles. The van der Waals surface area contributed by atoms with Crippen molar-refractivity contribution in [1.82, 2.24) is 0 Å². The minimum Gasteiger partial charge on any atom is -0.393 e. The van der Waals surface area contributed by atoms with Gasteiger partial charge in [-0.2, -0.15) is 0 Å². The van der Waals surface area contributed by atoms with Crippen LogP contribution in [0.25, 0.3) is 0 Å². The van der Waals surface area contributed by atoms with E-state index in [0.29, 0.717) is 17.5 Å². The lowest BCUT2D eigenvalue weighted by molar-refractivity contribution is -0.158. The Hall–Kier alpha value is -2.83. The van der Waals surface area contributed by atoms with E-state index >= 15 is 0 Å². The molecule has 2 aliphatic heterocycles. The number of esters is 4. The second-order valence-corrected chi connectivity index (χ2v) is 12.8. The van der Waals surface area contributed by atoms with E-state index in [4.69, 9.17) is 9.47 Å². The van der Waals surface area contributed by atoms with Crippen molar-refractivity contribution in [3.8, 4) is 0 Å². The molecule has 7 nitrogen and oxygen atoms in total. The molecule has 0 N–H and O–H groups in total. The maximum atomic E-state index is 13.9. The number of carbonyl (C=O) groups excluding carboxylic acids is 5. The number of fused-ring (bicyclic) bond motifs is 3. The van der Waals surface area contributed by atoms with Crippen LogP contribution >= 0.6 is 0 Å². The van der Waals surface area contributed by atoms with Gasteiger partial charge < -0.3 is 9.47 Å². The minimum atomic E-state index is -1.17. The monoisotopic (exact) mass is 580 g/mol. The molecule has 7 heteroatoms. The van der Waals surface area contributed by atoms with Gasteiger partial charge in [0.1, 0.15) is 5.78 Å². The van der Waals surface area contributed by atoms with Crippen LogP contribution in [0.4, 0.5) is 0 Å². The minimum absolute atomic E-state index is 0.157. The van der Waals surface area contributed by atoms with Gasteiger partial charge in [0.05, 0.1) is 24.2 Å². The smallest absolute Gasteiger partial charge is 0.321 e. The predicted molar refractivity (Wildman–Crippen MR) is 158 cm³/mol. The van der Waals surface area contributed by atoms with Gasteiger partial charge in [0.25, 0.3) is 0 Å². The van der Waals surface area contributed by atoms with Crippen molar-refractivity contribution in [3.05, 3.63) is 35.4 Å². The van der Waals surface area contributed by atoms with Crippen molar-refractivity contribution >= 4 is 29.7 Å². The number of carbonyl (C=O) groups is 5. The summed E-state index contributed by atoms with van der Waals surface area (Å²) >= 11 is 0. The third kappa shape index (κ3) is 7.03. The summed E-state index contributed by atoms with van der Waals surface area (Å²) in [7, 11) is 0. The molecule has 2 heterocycles. The van der Waals surface area contributed by atoms with Gasteiger partial charge >= 0.3 is 23.9 Å². The van der Waals surface area contributed by atoms with Crippen molar-refractivity contribution in [1.29, 1.82) is 0 Å². The summed E-state index contributed by atoms with van der Waals surface area (Å²) in [6, 6.07) is 7.11. The van der Waals surface area contributed by atoms with Crippen molar-refractivity contribution in [2.75, 3.05) is 0 Å². The van der Waals surface area contributed by atoms with E-state index in [1.807, 2.05) is 0 Å². The van der Waals surface area contributed by atoms with Crippen LogP contribution in [0.1, 0.15) is 140 Å². The van der Waals surface area contributed by atoms with Gasteiger partial charge in [-0.05, 0) is 17.5 Å². The highest BCUT2D eigenvalue weighted by Gasteiger charge is 2.65. The lowest BCUT2D eigenvalue weighted by Crippen LogP contribution is -2.54. The Bertz CT molecular complexity index is 1140. The summed E-state index contributed by atoms with van der Waals surface area (Å²) < 4.78 is 9.98. The molecular weight excluding hydrogens is 532 g/mol. The molecule has 1 aromatic carbocycles. The number of ether oxygens (including phenoxy) is 2. The van der Waals surface area contributed by atoms with Gasteiger partial charge in [-0.1, -0.05) is 128 Å². The van der Waals surface area contributed by atoms with Crippen molar-refractivity contribution in [2.45, 2.75) is 134 Å². The number of rotatable bonds is 18. The molecule has 2 saturated heterocycles. The first-order valence-electron chi connectivity index (χ1n) is 16.4. The summed E-state index contributed by atoms with van der Waals surface area (Å²) in [4.78, 5) is 64.8. The fourth-order valence-corrected chi connectivity index (χ4v) is 7.66. The lowest BCUT2D eigenvalue weighted by atomic mass is 9.51. The molecule has 0 saturated carbocycles. The molecule has 0 amide bonds. The molecule has 1 aromatic rings. The molecule has 0 spiro atoms. The largest absolute Gasteiger partial charge is 0.393 e. The maximum absolute atomic E-state index is 13.9. The summed E-state index contributed by atoms with van der Waals surface area (Å²) in [5.74, 6) is -6.61. The number of unbranched alkanes of at least 4 members (excludes halogenated alkanes) is 14. The first kappa shape index (κ1) is 32.1. The highest BCUT2D eigenvalue weighted by molar-refractivity contribution is 6.05. The van der Waals surface area contributed by atoms with E-state index in [0.717, 1.165) is 19.3 Å². The Labute approximate surface area is 250 Å². The fraction of sp³-hybridized carbons (Fsp3) is 0.686. The molecule has 4 rings (SSSR count). The maximum Gasteiger partial charge on any atom is 0.321 e. The number of hydrogen-bond donors (Lipinski definition) is 0. The number of Topliss-reactive ketones (excluding diaryl/α,β-unsaturated/α-hetero) is 1. The van der Waals surface area contributed by atoms with Gasteiger partial charge in [0.15, 0.2) is 0 Å². The molecule has 3 aliphatic rings. The van der Waals surface area contributed by atoms with E-state index in [9.17, 15) is 24.0 Å². The number of ketones is 1. The van der Waals surface area contributed by atoms with Gasteiger partial charge in [-0.15, -0.1) is 0 Å². The van der Waals surface area contributed by atoms with Crippen LogP contribution in [-0.4, -0.2) is 29.7 Å². The second-order valence-electron chi connectivity index (χ2n) is 12.8. The summed E-state index contributed by atoms with van der Waals surface area (Å²) in [6.45, 7) is 4.03. The van der Waals surface area contributed by atoms with Crippen LogP contribution in [0.2, 0.25) is 0 Å². The van der Waals surface area contributed by atoms with Gasteiger partial charge in [-0.25, -0.2) is 0 Å². The molecule has 42 heavy (non-hydrogen) atoms. The highest BCUT2D eigenvalue weighted by Crippen LogP contribution is 2.58. The molecule has 0 bridgehead atoms. The zero-order valence-electron chi connectivity index (χ0n) is 25.5. The highest BCUT2D eigenvalue weighted by atomic mass is 16.6. The normalized spacial score (nSPS) is 26.6. The number of hydrogen-bond acceptors (Lipinski definition) is 7. The first-order chi connectivity index (χ1) is 20.3. The SMILES string of the molecule is CCCCCCCCCCCCCCCCCC(=O)C1C2C(=O)OC(=O)C2c2ccccc2C1(C)C1CC(=O)OC1=O. The Morgan fingerprint density at radius 1 is 0.738 bits per heavy atom. The van der Waals surface area contributed by atoms with Crippen LogP contribution in [0, 0.1) is 17.8 Å². The van der Waals surface area contributed by atoms with Crippen LogP contribution < -0.4 is 0 Å². The van der Waals surface area contributed by atoms with Gasteiger partial charge in [-0.3, -0.25) is 24.0 Å². The molecule has 0 aromatic heterocycles. The average molecular weight is 581 g/mol. The Morgan fingerprint density at radius 2 is 1.29 bits per heavy atom. The van der Waals surface area contributed by atoms with Crippen LogP contribution in [0.15, 0.2) is 24.3 Å². The molecule has 0 radical (unpaired) electrons. The molecule has 230 valence electrons. The summed E-state index contributed by atoms with van der Waals surface area (Å²) in [5, 5.41) is 0. The molecular formula is C35H48O7. The van der Waals surface area contributed by atoms with Crippen molar-refractivity contribution in [3.63, 3.8) is 0 Å². The van der Waals surface area contributed by atoms with E-state index in [1.165, 1.54) is 70.6 Å². The lowest BCUT2D eigenvalue weighted by Gasteiger charge is -2.47. The zero-order valence-corrected chi connectivity index (χ0v) is 25.5. The first-order valence-corrected chi connectivity index (χ1v) is 16.4. The zero-order chi connectivity index (χ0) is 30.1. The van der Waals surface area contributed by atoms with Crippen molar-refractivity contribution < 1.29 is 33.4 Å².